The van der Waals surface area contributed by atoms with Crippen LogP contribution in [-0.4, -0.2) is 26.3 Å². The molecule has 2 unspecified atom stereocenters. The van der Waals surface area contributed by atoms with E-state index < -0.39 is 15.3 Å². The molecule has 0 aromatic rings. The van der Waals surface area contributed by atoms with Gasteiger partial charge in [0.25, 0.3) is 0 Å². The highest BCUT2D eigenvalue weighted by Crippen LogP contribution is 2.33. The van der Waals surface area contributed by atoms with E-state index in [0.29, 0.717) is 0 Å². The zero-order valence-corrected chi connectivity index (χ0v) is 9.68. The van der Waals surface area contributed by atoms with Crippen molar-refractivity contribution in [2.24, 2.45) is 11.7 Å². The second kappa shape index (κ2) is 4.59. The first-order chi connectivity index (χ1) is 6.45. The summed E-state index contributed by atoms with van der Waals surface area (Å²) in [6.45, 7) is 3.72. The molecule has 1 aliphatic rings. The molecule has 1 saturated carbocycles. The topological polar surface area (TPSA) is 72.2 Å². The minimum absolute atomic E-state index is 0.0431. The fourth-order valence-electron chi connectivity index (χ4n) is 1.42. The molecule has 0 radical (unpaired) electrons. The summed E-state index contributed by atoms with van der Waals surface area (Å²) in [5.74, 6) is 0.737. The molecule has 5 heteroatoms. The Morgan fingerprint density at radius 3 is 2.43 bits per heavy atom. The molecule has 2 atom stereocenters. The van der Waals surface area contributed by atoms with Gasteiger partial charge in [0.2, 0.25) is 10.0 Å². The van der Waals surface area contributed by atoms with E-state index in [9.17, 15) is 8.42 Å². The Balaban J connectivity index is 2.40. The molecule has 0 aliphatic heterocycles. The lowest BCUT2D eigenvalue weighted by Gasteiger charge is -2.17. The largest absolute Gasteiger partial charge is 0.329 e. The molecule has 0 amide bonds. The summed E-state index contributed by atoms with van der Waals surface area (Å²) < 4.78 is 25.8. The smallest absolute Gasteiger partial charge is 0.215 e. The maximum absolute atomic E-state index is 11.6. The van der Waals surface area contributed by atoms with Crippen molar-refractivity contribution in [1.82, 2.24) is 4.72 Å². The van der Waals surface area contributed by atoms with Crippen LogP contribution in [-0.2, 0) is 10.0 Å². The molecule has 1 rings (SSSR count). The SMILES string of the molecule is CC(CC1CC1)NS(=O)(=O)C(C)CN. The molecule has 4 nitrogen and oxygen atoms in total. The third kappa shape index (κ3) is 3.55. The van der Waals surface area contributed by atoms with Gasteiger partial charge >= 0.3 is 0 Å². The Labute approximate surface area is 86.3 Å². The van der Waals surface area contributed by atoms with Crippen molar-refractivity contribution in [1.29, 1.82) is 0 Å². The van der Waals surface area contributed by atoms with Crippen molar-refractivity contribution in [2.75, 3.05) is 6.54 Å². The number of sulfonamides is 1. The molecule has 14 heavy (non-hydrogen) atoms. The quantitative estimate of drug-likeness (QED) is 0.682. The average molecular weight is 220 g/mol. The van der Waals surface area contributed by atoms with Crippen molar-refractivity contribution in [2.45, 2.75) is 44.4 Å². The molecule has 0 aromatic carbocycles. The summed E-state index contributed by atoms with van der Waals surface area (Å²) in [6.07, 6.45) is 3.45. The highest BCUT2D eigenvalue weighted by Gasteiger charge is 2.27. The van der Waals surface area contributed by atoms with E-state index in [1.807, 2.05) is 6.92 Å². The highest BCUT2D eigenvalue weighted by molar-refractivity contribution is 7.90. The van der Waals surface area contributed by atoms with Crippen LogP contribution in [0.1, 0.15) is 33.1 Å². The first kappa shape index (κ1) is 11.9. The van der Waals surface area contributed by atoms with E-state index in [0.717, 1.165) is 12.3 Å². The number of rotatable bonds is 6. The Morgan fingerprint density at radius 1 is 1.43 bits per heavy atom. The summed E-state index contributed by atoms with van der Waals surface area (Å²) >= 11 is 0. The lowest BCUT2D eigenvalue weighted by molar-refractivity contribution is 0.522. The molecule has 0 spiro atoms. The highest BCUT2D eigenvalue weighted by atomic mass is 32.2. The Hall–Kier alpha value is -0.130. The molecule has 0 saturated heterocycles. The monoisotopic (exact) mass is 220 g/mol. The standard InChI is InChI=1S/C9H20N2O2S/c1-7(5-9-3-4-9)11-14(12,13)8(2)6-10/h7-9,11H,3-6,10H2,1-2H3. The minimum Gasteiger partial charge on any atom is -0.329 e. The summed E-state index contributed by atoms with van der Waals surface area (Å²) in [7, 11) is -3.20. The van der Waals surface area contributed by atoms with E-state index in [1.165, 1.54) is 12.8 Å². The molecule has 0 bridgehead atoms. The molecule has 0 heterocycles. The maximum atomic E-state index is 11.6. The molecular weight excluding hydrogens is 200 g/mol. The lowest BCUT2D eigenvalue weighted by Crippen LogP contribution is -2.41. The Bertz CT molecular complexity index is 273. The zero-order chi connectivity index (χ0) is 10.8. The van der Waals surface area contributed by atoms with E-state index >= 15 is 0 Å². The van der Waals surface area contributed by atoms with Crippen LogP contribution in [0, 0.1) is 5.92 Å². The molecule has 0 aromatic heterocycles. The number of hydrogen-bond donors (Lipinski definition) is 2. The van der Waals surface area contributed by atoms with Gasteiger partial charge < -0.3 is 5.73 Å². The second-order valence-electron chi connectivity index (χ2n) is 4.29. The van der Waals surface area contributed by atoms with Gasteiger partial charge in [-0.3, -0.25) is 0 Å². The first-order valence-electron chi connectivity index (χ1n) is 5.17. The molecule has 84 valence electrons. The summed E-state index contributed by atoms with van der Waals surface area (Å²) in [5.41, 5.74) is 5.33. The van der Waals surface area contributed by atoms with Gasteiger partial charge in [0.05, 0.1) is 5.25 Å². The second-order valence-corrected chi connectivity index (χ2v) is 6.42. The number of nitrogens with two attached hydrogens (primary N) is 1. The van der Waals surface area contributed by atoms with Gasteiger partial charge in [0, 0.05) is 12.6 Å². The van der Waals surface area contributed by atoms with Gasteiger partial charge in [-0.15, -0.1) is 0 Å². The zero-order valence-electron chi connectivity index (χ0n) is 8.86. The van der Waals surface area contributed by atoms with Crippen LogP contribution >= 0.6 is 0 Å². The van der Waals surface area contributed by atoms with Gasteiger partial charge in [0.15, 0.2) is 0 Å². The Kier molecular flexibility index (Phi) is 3.92. The van der Waals surface area contributed by atoms with E-state index in [4.69, 9.17) is 5.73 Å². The van der Waals surface area contributed by atoms with Crippen LogP contribution in [0.25, 0.3) is 0 Å². The Morgan fingerprint density at radius 2 is 2.00 bits per heavy atom. The van der Waals surface area contributed by atoms with Crippen LogP contribution in [0.4, 0.5) is 0 Å². The van der Waals surface area contributed by atoms with Crippen molar-refractivity contribution >= 4 is 10.0 Å². The van der Waals surface area contributed by atoms with Crippen molar-refractivity contribution in [3.05, 3.63) is 0 Å². The van der Waals surface area contributed by atoms with Crippen LogP contribution in [0.5, 0.6) is 0 Å². The molecular formula is C9H20N2O2S. The van der Waals surface area contributed by atoms with Crippen LogP contribution in [0.2, 0.25) is 0 Å². The third-order valence-corrected chi connectivity index (χ3v) is 4.59. The molecule has 3 N–H and O–H groups in total. The number of hydrogen-bond acceptors (Lipinski definition) is 3. The van der Waals surface area contributed by atoms with E-state index in [-0.39, 0.29) is 12.6 Å². The van der Waals surface area contributed by atoms with Crippen LogP contribution in [0.15, 0.2) is 0 Å². The first-order valence-corrected chi connectivity index (χ1v) is 6.71. The number of nitrogens with one attached hydrogen (secondary N) is 1. The fraction of sp³-hybridized carbons (Fsp3) is 1.00. The van der Waals surface area contributed by atoms with Gasteiger partial charge in [-0.1, -0.05) is 12.8 Å². The van der Waals surface area contributed by atoms with Crippen LogP contribution < -0.4 is 10.5 Å². The van der Waals surface area contributed by atoms with E-state index in [2.05, 4.69) is 4.72 Å². The van der Waals surface area contributed by atoms with Gasteiger partial charge in [-0.25, -0.2) is 13.1 Å². The summed E-state index contributed by atoms with van der Waals surface area (Å²) in [6, 6.07) is 0.0431. The lowest BCUT2D eigenvalue weighted by atomic mass is 10.2. The fourth-order valence-corrected chi connectivity index (χ4v) is 2.57. The van der Waals surface area contributed by atoms with Gasteiger partial charge in [-0.05, 0) is 26.2 Å². The van der Waals surface area contributed by atoms with Gasteiger partial charge in [-0.2, -0.15) is 0 Å². The third-order valence-electron chi connectivity index (χ3n) is 2.61. The predicted octanol–water partition coefficient (Wildman–Crippen LogP) is 0.442. The molecule has 1 aliphatic carbocycles. The average Bonchev–Trinajstić information content (AvgIpc) is 2.85. The van der Waals surface area contributed by atoms with Crippen molar-refractivity contribution < 1.29 is 8.42 Å². The van der Waals surface area contributed by atoms with Crippen LogP contribution in [0.3, 0.4) is 0 Å². The maximum Gasteiger partial charge on any atom is 0.215 e. The van der Waals surface area contributed by atoms with Gasteiger partial charge in [0.1, 0.15) is 0 Å². The normalized spacial score (nSPS) is 21.9. The molecule has 1 fully saturated rings. The summed E-state index contributed by atoms with van der Waals surface area (Å²) in [5, 5.41) is -0.496. The minimum atomic E-state index is -3.20. The van der Waals surface area contributed by atoms with E-state index in [1.54, 1.807) is 6.92 Å². The van der Waals surface area contributed by atoms with Crippen molar-refractivity contribution in [3.63, 3.8) is 0 Å². The predicted molar refractivity (Wildman–Crippen MR) is 57.4 cm³/mol. The van der Waals surface area contributed by atoms with Crippen molar-refractivity contribution in [3.8, 4) is 0 Å². The summed E-state index contributed by atoms with van der Waals surface area (Å²) in [4.78, 5) is 0.